The molecule has 7 heteroatoms. The number of aliphatic carboxylic acids is 1. The molecule has 5 nitrogen and oxygen atoms in total. The Bertz CT molecular complexity index is 709. The molecule has 0 spiro atoms. The number of carbonyl (C=O) groups is 1. The minimum Gasteiger partial charge on any atom is -0.481 e. The van der Waals surface area contributed by atoms with E-state index in [0.29, 0.717) is 23.3 Å². The lowest BCUT2D eigenvalue weighted by Crippen LogP contribution is -2.18. The molecule has 20 heavy (non-hydrogen) atoms. The summed E-state index contributed by atoms with van der Waals surface area (Å²) in [5.41, 5.74) is 0.727. The zero-order chi connectivity index (χ0) is 14.7. The topological polar surface area (TPSA) is 67.5 Å². The number of rotatable bonds is 2. The van der Waals surface area contributed by atoms with Gasteiger partial charge in [-0.25, -0.2) is 18.3 Å². The van der Waals surface area contributed by atoms with Crippen LogP contribution in [0, 0.1) is 0 Å². The van der Waals surface area contributed by atoms with Gasteiger partial charge in [-0.2, -0.15) is 5.10 Å². The molecule has 1 unspecified atom stereocenters. The van der Waals surface area contributed by atoms with Crippen molar-refractivity contribution in [3.63, 3.8) is 0 Å². The van der Waals surface area contributed by atoms with Crippen LogP contribution in [-0.4, -0.2) is 25.7 Å². The van der Waals surface area contributed by atoms with Gasteiger partial charge in [-0.3, -0.25) is 4.79 Å². The van der Waals surface area contributed by atoms with Gasteiger partial charge in [0.2, 0.25) is 0 Å². The van der Waals surface area contributed by atoms with Crippen LogP contribution in [0.1, 0.15) is 49.6 Å². The molecular weight excluding hydrogens is 268 g/mol. The molecule has 2 heterocycles. The predicted molar refractivity (Wildman–Crippen MR) is 66.0 cm³/mol. The van der Waals surface area contributed by atoms with Crippen LogP contribution in [0.25, 0.3) is 5.65 Å². The molecule has 0 bridgehead atoms. The van der Waals surface area contributed by atoms with Crippen LogP contribution in [-0.2, 0) is 10.2 Å². The van der Waals surface area contributed by atoms with E-state index in [1.54, 1.807) is 0 Å². The van der Waals surface area contributed by atoms with E-state index in [4.69, 9.17) is 0 Å². The maximum Gasteiger partial charge on any atom is 0.311 e. The molecule has 0 saturated carbocycles. The Morgan fingerprint density at radius 2 is 2.25 bits per heavy atom. The Labute approximate surface area is 113 Å². The van der Waals surface area contributed by atoms with Crippen molar-refractivity contribution >= 4 is 11.6 Å². The van der Waals surface area contributed by atoms with Crippen LogP contribution in [0.4, 0.5) is 8.78 Å². The van der Waals surface area contributed by atoms with Crippen molar-refractivity contribution in [1.29, 1.82) is 0 Å². The van der Waals surface area contributed by atoms with Gasteiger partial charge in [0.05, 0.1) is 11.6 Å². The Kier molecular flexibility index (Phi) is 2.57. The number of carboxylic acids is 1. The van der Waals surface area contributed by atoms with E-state index in [9.17, 15) is 18.7 Å². The fraction of sp³-hybridized carbons (Fsp3) is 0.462. The summed E-state index contributed by atoms with van der Waals surface area (Å²) in [5, 5.41) is 13.2. The smallest absolute Gasteiger partial charge is 0.311 e. The van der Waals surface area contributed by atoms with E-state index >= 15 is 0 Å². The Morgan fingerprint density at radius 3 is 2.85 bits per heavy atom. The van der Waals surface area contributed by atoms with E-state index in [0.717, 1.165) is 0 Å². The minimum atomic E-state index is -2.67. The molecule has 3 rings (SSSR count). The Balaban J connectivity index is 2.29. The van der Waals surface area contributed by atoms with Gasteiger partial charge < -0.3 is 5.11 Å². The highest BCUT2D eigenvalue weighted by Crippen LogP contribution is 2.45. The first kappa shape index (κ1) is 13.0. The minimum absolute atomic E-state index is 0.318. The molecule has 2 aromatic rings. The third kappa shape index (κ3) is 1.69. The van der Waals surface area contributed by atoms with E-state index in [2.05, 4.69) is 10.1 Å². The molecule has 2 aromatic heterocycles. The average molecular weight is 281 g/mol. The normalized spacial score (nSPS) is 20.6. The number of aromatic nitrogens is 3. The van der Waals surface area contributed by atoms with Gasteiger partial charge in [0.1, 0.15) is 5.69 Å². The monoisotopic (exact) mass is 281 g/mol. The summed E-state index contributed by atoms with van der Waals surface area (Å²) >= 11 is 0. The first-order valence-corrected chi connectivity index (χ1v) is 6.21. The van der Waals surface area contributed by atoms with Crippen LogP contribution < -0.4 is 0 Å². The molecule has 106 valence electrons. The second kappa shape index (κ2) is 3.97. The lowest BCUT2D eigenvalue weighted by molar-refractivity contribution is -0.139. The number of nitrogens with zero attached hydrogens (tertiary/aromatic N) is 3. The van der Waals surface area contributed by atoms with Gasteiger partial charge in [-0.05, 0) is 6.42 Å². The highest BCUT2D eigenvalue weighted by molar-refractivity contribution is 5.78. The van der Waals surface area contributed by atoms with E-state index < -0.39 is 23.7 Å². The number of carboxylic acid groups (broad SMARTS) is 1. The summed E-state index contributed by atoms with van der Waals surface area (Å²) in [6, 6.07) is 1.23. The predicted octanol–water partition coefficient (Wildman–Crippen LogP) is 2.52. The molecule has 0 amide bonds. The van der Waals surface area contributed by atoms with Crippen LogP contribution in [0.15, 0.2) is 12.3 Å². The van der Waals surface area contributed by atoms with Crippen LogP contribution in [0.5, 0.6) is 0 Å². The van der Waals surface area contributed by atoms with E-state index in [1.165, 1.54) is 16.8 Å². The quantitative estimate of drug-likeness (QED) is 0.918. The van der Waals surface area contributed by atoms with Crippen molar-refractivity contribution in [3.05, 3.63) is 29.2 Å². The molecule has 0 saturated heterocycles. The highest BCUT2D eigenvalue weighted by atomic mass is 19.3. The molecule has 0 fully saturated rings. The number of hydrogen-bond donors (Lipinski definition) is 1. The Hall–Kier alpha value is -2.05. The summed E-state index contributed by atoms with van der Waals surface area (Å²) in [7, 11) is 0. The molecule has 0 radical (unpaired) electrons. The van der Waals surface area contributed by atoms with Crippen molar-refractivity contribution in [3.8, 4) is 0 Å². The number of halogens is 2. The molecular formula is C13H13F2N3O2. The third-order valence-electron chi connectivity index (χ3n) is 3.78. The summed E-state index contributed by atoms with van der Waals surface area (Å²) in [4.78, 5) is 15.4. The fourth-order valence-corrected chi connectivity index (χ4v) is 2.94. The van der Waals surface area contributed by atoms with Gasteiger partial charge in [-0.1, -0.05) is 13.8 Å². The molecule has 1 N–H and O–H groups in total. The largest absolute Gasteiger partial charge is 0.481 e. The van der Waals surface area contributed by atoms with Crippen molar-refractivity contribution in [1.82, 2.24) is 14.6 Å². The second-order valence-corrected chi connectivity index (χ2v) is 5.68. The lowest BCUT2D eigenvalue weighted by Gasteiger charge is -2.19. The number of alkyl halides is 2. The first-order chi connectivity index (χ1) is 9.31. The van der Waals surface area contributed by atoms with Crippen molar-refractivity contribution < 1.29 is 18.7 Å². The second-order valence-electron chi connectivity index (χ2n) is 5.68. The average Bonchev–Trinajstić information content (AvgIpc) is 2.87. The maximum absolute atomic E-state index is 12.8. The van der Waals surface area contributed by atoms with Crippen molar-refractivity contribution in [2.75, 3.05) is 0 Å². The highest BCUT2D eigenvalue weighted by Gasteiger charge is 2.43. The summed E-state index contributed by atoms with van der Waals surface area (Å²) < 4.78 is 26.9. The Morgan fingerprint density at radius 1 is 1.55 bits per heavy atom. The number of hydrogen-bond acceptors (Lipinski definition) is 3. The van der Waals surface area contributed by atoms with Gasteiger partial charge >= 0.3 is 5.97 Å². The zero-order valence-electron chi connectivity index (χ0n) is 11.0. The molecule has 0 aliphatic heterocycles. The van der Waals surface area contributed by atoms with Gasteiger partial charge in [0.15, 0.2) is 5.65 Å². The number of fused-ring (bicyclic) bond motifs is 3. The summed E-state index contributed by atoms with van der Waals surface area (Å²) in [5.74, 6) is -1.60. The van der Waals surface area contributed by atoms with E-state index in [-0.39, 0.29) is 5.69 Å². The van der Waals surface area contributed by atoms with Gasteiger partial charge in [0, 0.05) is 23.2 Å². The van der Waals surface area contributed by atoms with Crippen LogP contribution in [0.3, 0.4) is 0 Å². The van der Waals surface area contributed by atoms with Gasteiger partial charge in [0.25, 0.3) is 6.43 Å². The fourth-order valence-electron chi connectivity index (χ4n) is 2.94. The summed E-state index contributed by atoms with van der Waals surface area (Å²) in [6.45, 7) is 3.77. The molecule has 1 aliphatic carbocycles. The molecule has 1 atom stereocenters. The van der Waals surface area contributed by atoms with Crippen molar-refractivity contribution in [2.45, 2.75) is 38.0 Å². The SMILES string of the molecule is CC1(C)CC(C(=O)O)c2cnc3cc(C(F)F)nn3c21. The van der Waals surface area contributed by atoms with E-state index in [1.807, 2.05) is 13.8 Å². The summed E-state index contributed by atoms with van der Waals surface area (Å²) in [6.07, 6.45) is -0.801. The first-order valence-electron chi connectivity index (χ1n) is 6.21. The zero-order valence-corrected chi connectivity index (χ0v) is 11.0. The molecule has 1 aliphatic rings. The standard InChI is InChI=1S/C13H13F2N3O2/c1-13(2)4-6(12(19)20)7-5-16-9-3-8(11(14)15)17-18(9)10(7)13/h3,5-6,11H,4H2,1-2H3,(H,19,20). The van der Waals surface area contributed by atoms with Crippen LogP contribution >= 0.6 is 0 Å². The van der Waals surface area contributed by atoms with Crippen LogP contribution in [0.2, 0.25) is 0 Å². The maximum atomic E-state index is 12.8. The van der Waals surface area contributed by atoms with Gasteiger partial charge in [-0.15, -0.1) is 0 Å². The van der Waals surface area contributed by atoms with Crippen molar-refractivity contribution in [2.24, 2.45) is 0 Å². The lowest BCUT2D eigenvalue weighted by atomic mass is 9.89. The third-order valence-corrected chi connectivity index (χ3v) is 3.78. The molecule has 0 aromatic carbocycles.